The first-order valence-electron chi connectivity index (χ1n) is 9.55. The van der Waals surface area contributed by atoms with Crippen molar-refractivity contribution in [1.82, 2.24) is 5.32 Å². The summed E-state index contributed by atoms with van der Waals surface area (Å²) in [4.78, 5) is 24.8. The highest BCUT2D eigenvalue weighted by atomic mass is 35.5. The fourth-order valence-electron chi connectivity index (χ4n) is 3.85. The number of ether oxygens (including phenoxy) is 2. The Bertz CT molecular complexity index is 877. The maximum Gasteiger partial charge on any atom is 0.313 e. The topological polar surface area (TPSA) is 76.7 Å². The molecule has 0 spiro atoms. The van der Waals surface area contributed by atoms with Gasteiger partial charge in [0, 0.05) is 17.0 Å². The molecule has 2 aromatic rings. The van der Waals surface area contributed by atoms with Crippen molar-refractivity contribution in [3.8, 4) is 11.5 Å². The van der Waals surface area contributed by atoms with Gasteiger partial charge in [-0.1, -0.05) is 36.6 Å². The second kappa shape index (κ2) is 9.18. The lowest BCUT2D eigenvalue weighted by Crippen LogP contribution is -2.43. The van der Waals surface area contributed by atoms with Crippen LogP contribution in [0.2, 0.25) is 5.02 Å². The molecule has 154 valence electrons. The van der Waals surface area contributed by atoms with Crippen molar-refractivity contribution in [2.24, 2.45) is 0 Å². The highest BCUT2D eigenvalue weighted by Crippen LogP contribution is 2.41. The summed E-state index contributed by atoms with van der Waals surface area (Å²) in [5.41, 5.74) is 1.33. The van der Waals surface area contributed by atoms with E-state index in [-0.39, 0.29) is 5.41 Å². The van der Waals surface area contributed by atoms with Gasteiger partial charge in [0.2, 0.25) is 0 Å². The Morgan fingerprint density at radius 1 is 1.00 bits per heavy atom. The molecule has 0 radical (unpaired) electrons. The zero-order valence-electron chi connectivity index (χ0n) is 16.6. The first-order valence-corrected chi connectivity index (χ1v) is 9.92. The number of rotatable bonds is 6. The van der Waals surface area contributed by atoms with Gasteiger partial charge in [-0.2, -0.15) is 0 Å². The molecule has 0 aromatic heterocycles. The molecule has 0 bridgehead atoms. The van der Waals surface area contributed by atoms with Crippen LogP contribution >= 0.6 is 11.6 Å². The second-order valence-corrected chi connectivity index (χ2v) is 7.63. The van der Waals surface area contributed by atoms with Crippen molar-refractivity contribution in [2.75, 3.05) is 26.1 Å². The summed E-state index contributed by atoms with van der Waals surface area (Å²) in [6, 6.07) is 12.7. The summed E-state index contributed by atoms with van der Waals surface area (Å²) in [6.07, 6.45) is 4.11. The molecule has 0 heterocycles. The Balaban J connectivity index is 1.67. The monoisotopic (exact) mass is 416 g/mol. The van der Waals surface area contributed by atoms with Crippen molar-refractivity contribution >= 4 is 29.1 Å². The fraction of sp³-hybridized carbons (Fsp3) is 0.364. The molecule has 1 aliphatic rings. The summed E-state index contributed by atoms with van der Waals surface area (Å²) in [5.74, 6) is -0.220. The number of hydrogen-bond acceptors (Lipinski definition) is 4. The van der Waals surface area contributed by atoms with Gasteiger partial charge < -0.3 is 20.1 Å². The van der Waals surface area contributed by atoms with Crippen LogP contribution in [-0.4, -0.2) is 32.6 Å². The van der Waals surface area contributed by atoms with Crippen molar-refractivity contribution < 1.29 is 19.1 Å². The van der Waals surface area contributed by atoms with Crippen LogP contribution in [0, 0.1) is 0 Å². The first kappa shape index (κ1) is 21.0. The van der Waals surface area contributed by atoms with Gasteiger partial charge in [0.15, 0.2) is 0 Å². The number of anilines is 1. The SMILES string of the molecule is COc1ccc(C2(CNC(=O)C(=O)Nc3cc(Cl)ccc3OC)CCCC2)cc1. The van der Waals surface area contributed by atoms with Crippen LogP contribution in [0.1, 0.15) is 31.2 Å². The number of methoxy groups -OCH3 is 2. The summed E-state index contributed by atoms with van der Waals surface area (Å²) in [5, 5.41) is 5.81. The van der Waals surface area contributed by atoms with E-state index in [0.717, 1.165) is 37.0 Å². The highest BCUT2D eigenvalue weighted by Gasteiger charge is 2.36. The molecule has 2 amide bonds. The van der Waals surface area contributed by atoms with E-state index in [1.165, 1.54) is 7.11 Å². The van der Waals surface area contributed by atoms with Gasteiger partial charge in [-0.25, -0.2) is 0 Å². The van der Waals surface area contributed by atoms with Crippen molar-refractivity contribution in [3.05, 3.63) is 53.1 Å². The van der Waals surface area contributed by atoms with Gasteiger partial charge in [-0.05, 0) is 48.7 Å². The van der Waals surface area contributed by atoms with Crippen LogP contribution in [0.15, 0.2) is 42.5 Å². The number of halogens is 1. The molecule has 1 fully saturated rings. The van der Waals surface area contributed by atoms with Crippen LogP contribution in [0.3, 0.4) is 0 Å². The third-order valence-corrected chi connectivity index (χ3v) is 5.70. The van der Waals surface area contributed by atoms with E-state index in [9.17, 15) is 9.59 Å². The predicted octanol–water partition coefficient (Wildman–Crippen LogP) is 3.92. The molecule has 6 nitrogen and oxygen atoms in total. The van der Waals surface area contributed by atoms with Gasteiger partial charge in [0.1, 0.15) is 11.5 Å². The summed E-state index contributed by atoms with van der Waals surface area (Å²) in [7, 11) is 3.12. The molecule has 7 heteroatoms. The average Bonchev–Trinajstić information content (AvgIpc) is 3.22. The normalized spacial score (nSPS) is 14.9. The van der Waals surface area contributed by atoms with Crippen LogP contribution in [0.25, 0.3) is 0 Å². The average molecular weight is 417 g/mol. The molecule has 29 heavy (non-hydrogen) atoms. The molecule has 0 aliphatic heterocycles. The molecule has 0 saturated heterocycles. The van der Waals surface area contributed by atoms with Crippen molar-refractivity contribution in [3.63, 3.8) is 0 Å². The van der Waals surface area contributed by atoms with E-state index in [4.69, 9.17) is 21.1 Å². The number of nitrogens with one attached hydrogen (secondary N) is 2. The summed E-state index contributed by atoms with van der Waals surface area (Å²) >= 11 is 5.98. The maximum absolute atomic E-state index is 12.4. The lowest BCUT2D eigenvalue weighted by atomic mass is 9.78. The lowest BCUT2D eigenvalue weighted by Gasteiger charge is -2.30. The Kier molecular flexibility index (Phi) is 6.64. The predicted molar refractivity (Wildman–Crippen MR) is 113 cm³/mol. The van der Waals surface area contributed by atoms with Gasteiger partial charge >= 0.3 is 11.8 Å². The third kappa shape index (κ3) is 4.82. The van der Waals surface area contributed by atoms with Gasteiger partial charge in [0.25, 0.3) is 0 Å². The maximum atomic E-state index is 12.4. The molecule has 0 atom stereocenters. The number of amides is 2. The van der Waals surface area contributed by atoms with Crippen LogP contribution in [0.4, 0.5) is 5.69 Å². The Morgan fingerprint density at radius 2 is 1.69 bits per heavy atom. The first-order chi connectivity index (χ1) is 14.0. The minimum atomic E-state index is -0.756. The van der Waals surface area contributed by atoms with Crippen molar-refractivity contribution in [2.45, 2.75) is 31.1 Å². The van der Waals surface area contributed by atoms with Crippen LogP contribution in [-0.2, 0) is 15.0 Å². The fourth-order valence-corrected chi connectivity index (χ4v) is 4.02. The standard InChI is InChI=1S/C22H25ClN2O4/c1-28-17-8-5-15(6-9-17)22(11-3-4-12-22)14-24-20(26)21(27)25-18-13-16(23)7-10-19(18)29-2/h5-10,13H,3-4,11-12,14H2,1-2H3,(H,24,26)(H,25,27). The molecular weight excluding hydrogens is 392 g/mol. The highest BCUT2D eigenvalue weighted by molar-refractivity contribution is 6.40. The van der Waals surface area contributed by atoms with E-state index in [1.807, 2.05) is 24.3 Å². The Hall–Kier alpha value is -2.73. The minimum absolute atomic E-state index is 0.171. The van der Waals surface area contributed by atoms with E-state index >= 15 is 0 Å². The second-order valence-electron chi connectivity index (χ2n) is 7.20. The molecule has 1 saturated carbocycles. The number of benzene rings is 2. The van der Waals surface area contributed by atoms with Gasteiger partial charge in [-0.15, -0.1) is 0 Å². The number of carbonyl (C=O) groups excluding carboxylic acids is 2. The summed E-state index contributed by atoms with van der Waals surface area (Å²) in [6.45, 7) is 0.401. The van der Waals surface area contributed by atoms with Crippen molar-refractivity contribution in [1.29, 1.82) is 0 Å². The minimum Gasteiger partial charge on any atom is -0.497 e. The molecule has 2 N–H and O–H groups in total. The van der Waals surface area contributed by atoms with Gasteiger partial charge in [0.05, 0.1) is 19.9 Å². The smallest absolute Gasteiger partial charge is 0.313 e. The lowest BCUT2D eigenvalue weighted by molar-refractivity contribution is -0.136. The quantitative estimate of drug-likeness (QED) is 0.699. The van der Waals surface area contributed by atoms with Crippen LogP contribution < -0.4 is 20.1 Å². The Labute approximate surface area is 175 Å². The van der Waals surface area contributed by atoms with Gasteiger partial charge in [-0.3, -0.25) is 9.59 Å². The van der Waals surface area contributed by atoms with E-state index in [2.05, 4.69) is 10.6 Å². The Morgan fingerprint density at radius 3 is 2.31 bits per heavy atom. The molecule has 3 rings (SSSR count). The molecular formula is C22H25ClN2O4. The zero-order chi connectivity index (χ0) is 20.9. The molecule has 1 aliphatic carbocycles. The number of hydrogen-bond donors (Lipinski definition) is 2. The number of carbonyl (C=O) groups is 2. The summed E-state index contributed by atoms with van der Waals surface area (Å²) < 4.78 is 10.4. The van der Waals surface area contributed by atoms with E-state index in [0.29, 0.717) is 23.0 Å². The third-order valence-electron chi connectivity index (χ3n) is 5.47. The zero-order valence-corrected chi connectivity index (χ0v) is 17.3. The van der Waals surface area contributed by atoms with E-state index < -0.39 is 11.8 Å². The largest absolute Gasteiger partial charge is 0.497 e. The van der Waals surface area contributed by atoms with Crippen LogP contribution in [0.5, 0.6) is 11.5 Å². The molecule has 0 unspecified atom stereocenters. The molecule has 2 aromatic carbocycles. The van der Waals surface area contributed by atoms with E-state index in [1.54, 1.807) is 25.3 Å².